The number of nitrogens with zero attached hydrogens (tertiary/aromatic N) is 4. The fraction of sp³-hybridized carbons (Fsp3) is 0.182. The van der Waals surface area contributed by atoms with E-state index >= 15 is 0 Å². The van der Waals surface area contributed by atoms with Crippen molar-refractivity contribution in [2.75, 3.05) is 0 Å². The first-order chi connectivity index (χ1) is 8.95. The molecule has 0 aliphatic heterocycles. The zero-order chi connectivity index (χ0) is 13.6. The molecule has 0 aromatic carbocycles. The van der Waals surface area contributed by atoms with Crippen molar-refractivity contribution in [1.29, 1.82) is 0 Å². The van der Waals surface area contributed by atoms with Gasteiger partial charge >= 0.3 is 6.18 Å². The third kappa shape index (κ3) is 2.07. The number of aromatic nitrogens is 4. The molecule has 0 spiro atoms. The lowest BCUT2D eigenvalue weighted by Crippen LogP contribution is -2.13. The molecule has 0 saturated heterocycles. The van der Waals surface area contributed by atoms with Crippen LogP contribution in [0.15, 0.2) is 23.7 Å². The fourth-order valence-corrected chi connectivity index (χ4v) is 2.35. The predicted octanol–water partition coefficient (Wildman–Crippen LogP) is 3.18. The smallest absolute Gasteiger partial charge is 0.243 e. The van der Waals surface area contributed by atoms with Crippen LogP contribution in [-0.4, -0.2) is 19.6 Å². The number of rotatable bonds is 1. The van der Waals surface area contributed by atoms with Gasteiger partial charge in [-0.05, 0) is 13.0 Å². The highest BCUT2D eigenvalue weighted by atomic mass is 32.1. The molecule has 98 valence electrons. The minimum absolute atomic E-state index is 0.164. The molecule has 0 bridgehead atoms. The highest BCUT2D eigenvalue weighted by molar-refractivity contribution is 7.13. The number of thiazole rings is 1. The van der Waals surface area contributed by atoms with Gasteiger partial charge in [0.15, 0.2) is 11.3 Å². The molecule has 3 heterocycles. The van der Waals surface area contributed by atoms with E-state index in [1.165, 1.54) is 23.6 Å². The molecule has 0 saturated carbocycles. The third-order valence-corrected chi connectivity index (χ3v) is 3.29. The summed E-state index contributed by atoms with van der Waals surface area (Å²) >= 11 is 1.24. The molecular formula is C11H7F3N4S. The monoisotopic (exact) mass is 284 g/mol. The summed E-state index contributed by atoms with van der Waals surface area (Å²) < 4.78 is 39.9. The van der Waals surface area contributed by atoms with Gasteiger partial charge in [0.2, 0.25) is 0 Å². The SMILES string of the molecule is Cc1cc2nc(-c3nccs3)cc(C(F)(F)F)n2n1. The van der Waals surface area contributed by atoms with Gasteiger partial charge in [-0.3, -0.25) is 0 Å². The maximum Gasteiger partial charge on any atom is 0.433 e. The summed E-state index contributed by atoms with van der Waals surface area (Å²) in [6, 6.07) is 2.48. The molecule has 0 atom stereocenters. The number of alkyl halides is 3. The average molecular weight is 284 g/mol. The first kappa shape index (κ1) is 12.1. The van der Waals surface area contributed by atoms with E-state index in [2.05, 4.69) is 15.1 Å². The number of hydrogen-bond acceptors (Lipinski definition) is 4. The molecule has 3 rings (SSSR count). The molecule has 0 N–H and O–H groups in total. The largest absolute Gasteiger partial charge is 0.433 e. The van der Waals surface area contributed by atoms with Gasteiger partial charge in [-0.25, -0.2) is 14.5 Å². The van der Waals surface area contributed by atoms with Gasteiger partial charge in [0.25, 0.3) is 0 Å². The molecule has 4 nitrogen and oxygen atoms in total. The summed E-state index contributed by atoms with van der Waals surface area (Å²) in [6.07, 6.45) is -2.97. The molecule has 0 unspecified atom stereocenters. The lowest BCUT2D eigenvalue weighted by atomic mass is 10.3. The summed E-state index contributed by atoms with van der Waals surface area (Å²) in [7, 11) is 0. The zero-order valence-corrected chi connectivity index (χ0v) is 10.5. The Morgan fingerprint density at radius 2 is 2.05 bits per heavy atom. The van der Waals surface area contributed by atoms with Crippen molar-refractivity contribution in [2.24, 2.45) is 0 Å². The summed E-state index contributed by atoms with van der Waals surface area (Å²) in [6.45, 7) is 1.62. The van der Waals surface area contributed by atoms with Crippen molar-refractivity contribution in [1.82, 2.24) is 19.6 Å². The Labute approximate surface area is 109 Å². The van der Waals surface area contributed by atoms with Crippen LogP contribution >= 0.6 is 11.3 Å². The average Bonchev–Trinajstić information content (AvgIpc) is 2.92. The van der Waals surface area contributed by atoms with E-state index in [0.29, 0.717) is 10.7 Å². The van der Waals surface area contributed by atoms with Crippen molar-refractivity contribution < 1.29 is 13.2 Å². The molecule has 0 fully saturated rings. The van der Waals surface area contributed by atoms with E-state index in [1.54, 1.807) is 12.3 Å². The van der Waals surface area contributed by atoms with Gasteiger partial charge < -0.3 is 0 Å². The van der Waals surface area contributed by atoms with Gasteiger partial charge in [-0.2, -0.15) is 18.3 Å². The molecule has 0 radical (unpaired) electrons. The van der Waals surface area contributed by atoms with Crippen molar-refractivity contribution in [3.8, 4) is 10.7 Å². The first-order valence-electron chi connectivity index (χ1n) is 5.29. The lowest BCUT2D eigenvalue weighted by Gasteiger charge is -2.09. The van der Waals surface area contributed by atoms with E-state index in [4.69, 9.17) is 0 Å². The fourth-order valence-electron chi connectivity index (χ4n) is 1.75. The minimum atomic E-state index is -4.49. The quantitative estimate of drug-likeness (QED) is 0.689. The van der Waals surface area contributed by atoms with Crippen LogP contribution < -0.4 is 0 Å². The van der Waals surface area contributed by atoms with Crippen LogP contribution in [0.5, 0.6) is 0 Å². The van der Waals surface area contributed by atoms with Gasteiger partial charge in [0.05, 0.1) is 5.69 Å². The van der Waals surface area contributed by atoms with E-state index in [-0.39, 0.29) is 11.3 Å². The summed E-state index contributed by atoms with van der Waals surface area (Å²) in [5.41, 5.74) is -0.00246. The van der Waals surface area contributed by atoms with Crippen molar-refractivity contribution in [2.45, 2.75) is 13.1 Å². The van der Waals surface area contributed by atoms with Gasteiger partial charge in [0, 0.05) is 17.6 Å². The van der Waals surface area contributed by atoms with Crippen LogP contribution in [0.25, 0.3) is 16.3 Å². The number of fused-ring (bicyclic) bond motifs is 1. The van der Waals surface area contributed by atoms with Gasteiger partial charge in [-0.1, -0.05) is 0 Å². The molecule has 3 aromatic heterocycles. The predicted molar refractivity (Wildman–Crippen MR) is 63.8 cm³/mol. The summed E-state index contributed by atoms with van der Waals surface area (Å²) in [5.74, 6) is 0. The maximum absolute atomic E-state index is 13.0. The van der Waals surface area contributed by atoms with Crippen LogP contribution in [0.1, 0.15) is 11.4 Å². The summed E-state index contributed by atoms with van der Waals surface area (Å²) in [5, 5.41) is 5.96. The van der Waals surface area contributed by atoms with E-state index in [1.807, 2.05) is 0 Å². The van der Waals surface area contributed by atoms with Crippen LogP contribution in [0.2, 0.25) is 0 Å². The van der Waals surface area contributed by atoms with Crippen LogP contribution in [0, 0.1) is 6.92 Å². The van der Waals surface area contributed by atoms with Crippen molar-refractivity contribution in [3.63, 3.8) is 0 Å². The Morgan fingerprint density at radius 3 is 2.68 bits per heavy atom. The lowest BCUT2D eigenvalue weighted by molar-refractivity contribution is -0.142. The second-order valence-corrected chi connectivity index (χ2v) is 4.81. The van der Waals surface area contributed by atoms with Crippen LogP contribution in [0.3, 0.4) is 0 Å². The highest BCUT2D eigenvalue weighted by Crippen LogP contribution is 2.32. The maximum atomic E-state index is 13.0. The zero-order valence-electron chi connectivity index (χ0n) is 9.64. The second-order valence-electron chi connectivity index (χ2n) is 3.92. The number of hydrogen-bond donors (Lipinski definition) is 0. The highest BCUT2D eigenvalue weighted by Gasteiger charge is 2.35. The number of halogens is 3. The Bertz CT molecular complexity index is 730. The normalized spacial score (nSPS) is 12.2. The molecule has 3 aromatic rings. The van der Waals surface area contributed by atoms with Crippen LogP contribution in [-0.2, 0) is 6.18 Å². The standard InChI is InChI=1S/C11H7F3N4S/c1-6-4-9-16-7(10-15-2-3-19-10)5-8(11(12,13)14)18(9)17-6/h2-5H,1H3. The molecule has 8 heteroatoms. The molecule has 0 aliphatic rings. The van der Waals surface area contributed by atoms with Gasteiger partial charge in [0.1, 0.15) is 10.7 Å². The topological polar surface area (TPSA) is 43.1 Å². The molecule has 19 heavy (non-hydrogen) atoms. The Morgan fingerprint density at radius 1 is 1.26 bits per heavy atom. The van der Waals surface area contributed by atoms with Crippen LogP contribution in [0.4, 0.5) is 13.2 Å². The second kappa shape index (κ2) is 4.02. The number of aryl methyl sites for hydroxylation is 1. The minimum Gasteiger partial charge on any atom is -0.243 e. The summed E-state index contributed by atoms with van der Waals surface area (Å²) in [4.78, 5) is 8.14. The Kier molecular flexibility index (Phi) is 2.56. The first-order valence-corrected chi connectivity index (χ1v) is 6.17. The van der Waals surface area contributed by atoms with E-state index in [0.717, 1.165) is 10.6 Å². The molecule has 0 aliphatic carbocycles. The molecular weight excluding hydrogens is 277 g/mol. The van der Waals surface area contributed by atoms with Crippen molar-refractivity contribution in [3.05, 3.63) is 35.1 Å². The van der Waals surface area contributed by atoms with Gasteiger partial charge in [-0.15, -0.1) is 11.3 Å². The third-order valence-electron chi connectivity index (χ3n) is 2.49. The Hall–Kier alpha value is -1.96. The van der Waals surface area contributed by atoms with E-state index < -0.39 is 11.9 Å². The van der Waals surface area contributed by atoms with Crippen molar-refractivity contribution >= 4 is 17.0 Å². The molecule has 0 amide bonds. The van der Waals surface area contributed by atoms with E-state index in [9.17, 15) is 13.2 Å². The Balaban J connectivity index is 2.32.